The second-order valence-corrected chi connectivity index (χ2v) is 9.93. The van der Waals surface area contributed by atoms with E-state index in [-0.39, 0.29) is 0 Å². The average Bonchev–Trinajstić information content (AvgIpc) is 2.75. The molecule has 1 unspecified atom stereocenters. The lowest BCUT2D eigenvalue weighted by Gasteiger charge is -2.31. The first-order valence-corrected chi connectivity index (χ1v) is 12.7. The van der Waals surface area contributed by atoms with Gasteiger partial charge in [-0.1, -0.05) is 69.9 Å². The normalized spacial score (nSPS) is 24.2. The highest BCUT2D eigenvalue weighted by molar-refractivity contribution is 7.74. The van der Waals surface area contributed by atoms with Gasteiger partial charge in [0.25, 0.3) is 0 Å². The van der Waals surface area contributed by atoms with Gasteiger partial charge in [-0.2, -0.15) is 4.21 Å². The average molecular weight is 405 g/mol. The Morgan fingerprint density at radius 1 is 0.679 bits per heavy atom. The topological polar surface area (TPSA) is 46.5 Å². The fourth-order valence-corrected chi connectivity index (χ4v) is 6.31. The summed E-state index contributed by atoms with van der Waals surface area (Å²) in [5, 5.41) is 0. The van der Waals surface area contributed by atoms with E-state index in [1.807, 2.05) is 0 Å². The zero-order chi connectivity index (χ0) is 19.3. The van der Waals surface area contributed by atoms with Gasteiger partial charge in [0, 0.05) is 0 Å². The van der Waals surface area contributed by atoms with E-state index < -0.39 is 11.4 Å². The van der Waals surface area contributed by atoms with Gasteiger partial charge in [-0.15, -0.1) is 0 Å². The van der Waals surface area contributed by atoms with Gasteiger partial charge in [-0.3, -0.25) is 4.55 Å². The standard InChI is InChI=1S/C24H36O3S/c25-28(26)27-24-22(19-12-6-2-7-13-19)16-21(18-10-4-1-5-11-18)17-23(24)20-14-8-3-9-15-20/h16-20H,1-15H2,(H,25,26). The lowest BCUT2D eigenvalue weighted by molar-refractivity contribution is 0.402. The third-order valence-electron chi connectivity index (χ3n) is 7.49. The van der Waals surface area contributed by atoms with Crippen molar-refractivity contribution < 1.29 is 12.9 Å². The molecule has 1 aromatic carbocycles. The Hall–Kier alpha value is -0.870. The Morgan fingerprint density at radius 2 is 1.07 bits per heavy atom. The van der Waals surface area contributed by atoms with Crippen LogP contribution in [0.1, 0.15) is 131 Å². The summed E-state index contributed by atoms with van der Waals surface area (Å²) in [6.45, 7) is 0. The van der Waals surface area contributed by atoms with Crippen LogP contribution < -0.4 is 4.18 Å². The maximum Gasteiger partial charge on any atom is 0.357 e. The molecule has 0 aliphatic heterocycles. The van der Waals surface area contributed by atoms with Gasteiger partial charge in [-0.05, 0) is 73.0 Å². The van der Waals surface area contributed by atoms with E-state index in [0.717, 1.165) is 5.75 Å². The maximum absolute atomic E-state index is 11.7. The zero-order valence-electron chi connectivity index (χ0n) is 17.2. The van der Waals surface area contributed by atoms with Crippen LogP contribution in [-0.2, 0) is 11.4 Å². The van der Waals surface area contributed by atoms with Crippen LogP contribution in [0.15, 0.2) is 12.1 Å². The molecule has 3 aliphatic carbocycles. The van der Waals surface area contributed by atoms with Gasteiger partial charge in [0.05, 0.1) is 0 Å². The summed E-state index contributed by atoms with van der Waals surface area (Å²) in [5.74, 6) is 2.39. The largest absolute Gasteiger partial charge is 0.380 e. The first kappa shape index (κ1) is 20.4. The van der Waals surface area contributed by atoms with Crippen molar-refractivity contribution in [3.05, 3.63) is 28.8 Å². The lowest BCUT2D eigenvalue weighted by atomic mass is 9.75. The fourth-order valence-electron chi connectivity index (χ4n) is 5.97. The van der Waals surface area contributed by atoms with Crippen LogP contribution in [0.5, 0.6) is 5.75 Å². The smallest absolute Gasteiger partial charge is 0.357 e. The van der Waals surface area contributed by atoms with E-state index in [1.165, 1.54) is 113 Å². The minimum atomic E-state index is -2.26. The highest BCUT2D eigenvalue weighted by Gasteiger charge is 2.29. The summed E-state index contributed by atoms with van der Waals surface area (Å²) in [4.78, 5) is 0. The van der Waals surface area contributed by atoms with Crippen LogP contribution in [0.2, 0.25) is 0 Å². The summed E-state index contributed by atoms with van der Waals surface area (Å²) >= 11 is -2.26. The molecule has 0 heterocycles. The SMILES string of the molecule is O=S(O)Oc1c(C2CCCCC2)cc(C2CCCCC2)cc1C1CCCCC1. The van der Waals surface area contributed by atoms with Gasteiger partial charge in [0.1, 0.15) is 5.75 Å². The molecular formula is C24H36O3S. The van der Waals surface area contributed by atoms with E-state index >= 15 is 0 Å². The molecule has 1 aromatic rings. The summed E-state index contributed by atoms with van der Waals surface area (Å²) in [6, 6.07) is 4.75. The predicted octanol–water partition coefficient (Wildman–Crippen LogP) is 7.35. The molecule has 4 heteroatoms. The molecule has 0 radical (unpaired) electrons. The summed E-state index contributed by atoms with van der Waals surface area (Å²) in [6.07, 6.45) is 19.1. The molecule has 4 rings (SSSR count). The number of benzene rings is 1. The molecule has 3 nitrogen and oxygen atoms in total. The predicted molar refractivity (Wildman–Crippen MR) is 115 cm³/mol. The summed E-state index contributed by atoms with van der Waals surface area (Å²) in [5.41, 5.74) is 3.97. The van der Waals surface area contributed by atoms with E-state index in [4.69, 9.17) is 4.18 Å². The molecule has 0 bridgehead atoms. The second kappa shape index (κ2) is 9.75. The zero-order valence-corrected chi connectivity index (χ0v) is 18.0. The quantitative estimate of drug-likeness (QED) is 0.522. The molecule has 0 spiro atoms. The van der Waals surface area contributed by atoms with Crippen LogP contribution in [0.25, 0.3) is 0 Å². The third kappa shape index (κ3) is 4.81. The van der Waals surface area contributed by atoms with Crippen LogP contribution in [0.4, 0.5) is 0 Å². The first-order valence-electron chi connectivity index (χ1n) is 11.7. The number of rotatable bonds is 5. The molecule has 3 saturated carbocycles. The van der Waals surface area contributed by atoms with Crippen molar-refractivity contribution in [1.82, 2.24) is 0 Å². The highest BCUT2D eigenvalue weighted by Crippen LogP contribution is 2.47. The molecule has 156 valence electrons. The monoisotopic (exact) mass is 404 g/mol. The van der Waals surface area contributed by atoms with Crippen molar-refractivity contribution in [2.24, 2.45) is 0 Å². The van der Waals surface area contributed by atoms with Crippen LogP contribution in [0.3, 0.4) is 0 Å². The van der Waals surface area contributed by atoms with Gasteiger partial charge >= 0.3 is 11.4 Å². The summed E-state index contributed by atoms with van der Waals surface area (Å²) < 4.78 is 27.0. The van der Waals surface area contributed by atoms with E-state index in [0.29, 0.717) is 17.8 Å². The van der Waals surface area contributed by atoms with Crippen molar-refractivity contribution in [3.63, 3.8) is 0 Å². The van der Waals surface area contributed by atoms with Crippen molar-refractivity contribution in [3.8, 4) is 5.75 Å². The molecule has 1 atom stereocenters. The Kier molecular flexibility index (Phi) is 7.11. The van der Waals surface area contributed by atoms with Gasteiger partial charge < -0.3 is 4.18 Å². The van der Waals surface area contributed by atoms with Crippen molar-refractivity contribution >= 4 is 11.4 Å². The molecule has 3 aliphatic rings. The van der Waals surface area contributed by atoms with Gasteiger partial charge in [0.2, 0.25) is 0 Å². The fraction of sp³-hybridized carbons (Fsp3) is 0.750. The lowest BCUT2D eigenvalue weighted by Crippen LogP contribution is -2.15. The molecule has 0 amide bonds. The molecule has 28 heavy (non-hydrogen) atoms. The minimum Gasteiger partial charge on any atom is -0.380 e. The van der Waals surface area contributed by atoms with Crippen molar-refractivity contribution in [2.75, 3.05) is 0 Å². The molecule has 0 saturated heterocycles. The van der Waals surface area contributed by atoms with E-state index in [9.17, 15) is 8.76 Å². The number of hydrogen-bond acceptors (Lipinski definition) is 2. The molecule has 3 fully saturated rings. The molecule has 0 aromatic heterocycles. The molecule has 1 N–H and O–H groups in total. The van der Waals surface area contributed by atoms with Crippen LogP contribution >= 0.6 is 0 Å². The van der Waals surface area contributed by atoms with Crippen molar-refractivity contribution in [2.45, 2.75) is 114 Å². The maximum atomic E-state index is 11.7. The Balaban J connectivity index is 1.78. The summed E-state index contributed by atoms with van der Waals surface area (Å²) in [7, 11) is 0. The first-order chi connectivity index (χ1) is 13.7. The Labute approximate surface area is 173 Å². The highest BCUT2D eigenvalue weighted by atomic mass is 32.2. The van der Waals surface area contributed by atoms with E-state index in [2.05, 4.69) is 12.1 Å². The van der Waals surface area contributed by atoms with Gasteiger partial charge in [0.15, 0.2) is 0 Å². The van der Waals surface area contributed by atoms with Crippen LogP contribution in [0, 0.1) is 0 Å². The third-order valence-corrected chi connectivity index (χ3v) is 7.80. The van der Waals surface area contributed by atoms with Crippen molar-refractivity contribution in [1.29, 1.82) is 0 Å². The van der Waals surface area contributed by atoms with Gasteiger partial charge in [-0.25, -0.2) is 0 Å². The minimum absolute atomic E-state index is 0.484. The van der Waals surface area contributed by atoms with Crippen LogP contribution in [-0.4, -0.2) is 8.76 Å². The Bertz CT molecular complexity index is 629. The second-order valence-electron chi connectivity index (χ2n) is 9.33. The number of hydrogen-bond donors (Lipinski definition) is 1. The Morgan fingerprint density at radius 3 is 1.46 bits per heavy atom. The van der Waals surface area contributed by atoms with E-state index in [1.54, 1.807) is 0 Å². The molecular weight excluding hydrogens is 368 g/mol.